The number of halogens is 1. The number of benzene rings is 2. The average Bonchev–Trinajstić information content (AvgIpc) is 2.37. The maximum Gasteiger partial charge on any atom is 0.0318 e. The van der Waals surface area contributed by atoms with Crippen molar-refractivity contribution in [1.29, 1.82) is 0 Å². The van der Waals surface area contributed by atoms with Crippen molar-refractivity contribution in [3.8, 4) is 0 Å². The van der Waals surface area contributed by atoms with Crippen LogP contribution in [0.3, 0.4) is 0 Å². The Bertz CT molecular complexity index is 549. The largest absolute Gasteiger partial charge is 0.399 e. The number of anilines is 1. The fraction of sp³-hybridized carbons (Fsp3) is 0.250. The van der Waals surface area contributed by atoms with Crippen LogP contribution in [0.5, 0.6) is 0 Å². The number of rotatable bonds is 4. The molecule has 0 radical (unpaired) electrons. The summed E-state index contributed by atoms with van der Waals surface area (Å²) < 4.78 is 1.11. The van der Waals surface area contributed by atoms with Crippen LogP contribution in [0.2, 0.25) is 0 Å². The summed E-state index contributed by atoms with van der Waals surface area (Å²) in [5.41, 5.74) is 10.5. The third-order valence-corrected chi connectivity index (χ3v) is 3.86. The van der Waals surface area contributed by atoms with Crippen molar-refractivity contribution in [3.05, 3.63) is 63.6 Å². The van der Waals surface area contributed by atoms with Gasteiger partial charge in [-0.25, -0.2) is 0 Å². The quantitative estimate of drug-likeness (QED) is 0.864. The lowest BCUT2D eigenvalue weighted by Gasteiger charge is -2.18. The van der Waals surface area contributed by atoms with Gasteiger partial charge in [-0.1, -0.05) is 45.8 Å². The number of hydrogen-bond donors (Lipinski definition) is 1. The predicted molar refractivity (Wildman–Crippen MR) is 84.9 cm³/mol. The van der Waals surface area contributed by atoms with Crippen LogP contribution in [0.15, 0.2) is 46.9 Å². The van der Waals surface area contributed by atoms with E-state index >= 15 is 0 Å². The van der Waals surface area contributed by atoms with E-state index in [1.807, 2.05) is 18.2 Å². The first-order valence-corrected chi connectivity index (χ1v) is 7.12. The highest BCUT2D eigenvalue weighted by Gasteiger charge is 2.05. The van der Waals surface area contributed by atoms with Crippen molar-refractivity contribution < 1.29 is 0 Å². The zero-order valence-electron chi connectivity index (χ0n) is 11.4. The highest BCUT2D eigenvalue weighted by atomic mass is 79.9. The minimum Gasteiger partial charge on any atom is -0.399 e. The Morgan fingerprint density at radius 1 is 1.05 bits per heavy atom. The smallest absolute Gasteiger partial charge is 0.0318 e. The van der Waals surface area contributed by atoms with Gasteiger partial charge in [0.15, 0.2) is 0 Å². The molecule has 0 unspecified atom stereocenters. The number of nitrogen functional groups attached to an aromatic ring is 1. The fourth-order valence-corrected chi connectivity index (χ4v) is 2.44. The van der Waals surface area contributed by atoms with Crippen LogP contribution < -0.4 is 5.73 Å². The van der Waals surface area contributed by atoms with E-state index in [2.05, 4.69) is 59.1 Å². The molecule has 0 amide bonds. The zero-order valence-corrected chi connectivity index (χ0v) is 12.9. The minimum absolute atomic E-state index is 0.807. The zero-order chi connectivity index (χ0) is 13.8. The molecule has 2 N–H and O–H groups in total. The Morgan fingerprint density at radius 2 is 1.74 bits per heavy atom. The summed E-state index contributed by atoms with van der Waals surface area (Å²) >= 11 is 3.57. The molecule has 0 aliphatic rings. The molecule has 100 valence electrons. The molecule has 2 nitrogen and oxygen atoms in total. The van der Waals surface area contributed by atoms with E-state index in [9.17, 15) is 0 Å². The summed E-state index contributed by atoms with van der Waals surface area (Å²) in [5, 5.41) is 0. The van der Waals surface area contributed by atoms with Crippen LogP contribution >= 0.6 is 15.9 Å². The number of hydrogen-bond acceptors (Lipinski definition) is 2. The van der Waals surface area contributed by atoms with Crippen molar-refractivity contribution in [2.45, 2.75) is 20.0 Å². The first-order valence-electron chi connectivity index (χ1n) is 6.32. The third-order valence-electron chi connectivity index (χ3n) is 3.08. The molecule has 2 rings (SSSR count). The Kier molecular flexibility index (Phi) is 4.61. The third kappa shape index (κ3) is 4.08. The Morgan fingerprint density at radius 3 is 2.42 bits per heavy atom. The van der Waals surface area contributed by atoms with Crippen LogP contribution in [0.4, 0.5) is 5.69 Å². The van der Waals surface area contributed by atoms with E-state index in [4.69, 9.17) is 5.73 Å². The lowest BCUT2D eigenvalue weighted by Crippen LogP contribution is -2.17. The van der Waals surface area contributed by atoms with E-state index in [1.54, 1.807) is 0 Å². The van der Waals surface area contributed by atoms with E-state index < -0.39 is 0 Å². The van der Waals surface area contributed by atoms with Gasteiger partial charge in [0.25, 0.3) is 0 Å². The normalized spacial score (nSPS) is 10.9. The lowest BCUT2D eigenvalue weighted by molar-refractivity contribution is 0.318. The lowest BCUT2D eigenvalue weighted by atomic mass is 10.1. The van der Waals surface area contributed by atoms with Crippen LogP contribution in [0, 0.1) is 6.92 Å². The summed E-state index contributed by atoms with van der Waals surface area (Å²) in [4.78, 5) is 2.28. The van der Waals surface area contributed by atoms with Gasteiger partial charge in [0, 0.05) is 23.2 Å². The Hall–Kier alpha value is -1.32. The van der Waals surface area contributed by atoms with Gasteiger partial charge in [-0.05, 0) is 43.3 Å². The summed E-state index contributed by atoms with van der Waals surface area (Å²) in [6.07, 6.45) is 0. The molecule has 2 aromatic rings. The van der Waals surface area contributed by atoms with Crippen LogP contribution in [-0.4, -0.2) is 11.9 Å². The molecule has 0 saturated carbocycles. The van der Waals surface area contributed by atoms with E-state index in [0.717, 1.165) is 23.2 Å². The van der Waals surface area contributed by atoms with Crippen LogP contribution in [0.25, 0.3) is 0 Å². The molecule has 3 heteroatoms. The number of aryl methyl sites for hydroxylation is 1. The second-order valence-electron chi connectivity index (χ2n) is 5.01. The topological polar surface area (TPSA) is 29.3 Å². The standard InChI is InChI=1S/C16H19BrN2/c1-12-3-5-13(6-4-12)10-19(2)11-14-9-15(18)7-8-16(14)17/h3-9H,10-11,18H2,1-2H3. The molecule has 0 aromatic heterocycles. The maximum absolute atomic E-state index is 5.83. The van der Waals surface area contributed by atoms with Crippen molar-refractivity contribution in [3.63, 3.8) is 0 Å². The first-order chi connectivity index (χ1) is 9.04. The van der Waals surface area contributed by atoms with E-state index in [-0.39, 0.29) is 0 Å². The van der Waals surface area contributed by atoms with Gasteiger partial charge in [-0.3, -0.25) is 4.90 Å². The van der Waals surface area contributed by atoms with Crippen molar-refractivity contribution in [1.82, 2.24) is 4.90 Å². The predicted octanol–water partition coefficient (Wildman–Crippen LogP) is 3.97. The highest BCUT2D eigenvalue weighted by molar-refractivity contribution is 9.10. The maximum atomic E-state index is 5.83. The van der Waals surface area contributed by atoms with Gasteiger partial charge in [-0.2, -0.15) is 0 Å². The molecule has 2 aromatic carbocycles. The molecule has 0 heterocycles. The Balaban J connectivity index is 2.02. The summed E-state index contributed by atoms with van der Waals surface area (Å²) in [5.74, 6) is 0. The highest BCUT2D eigenvalue weighted by Crippen LogP contribution is 2.21. The van der Waals surface area contributed by atoms with Crippen molar-refractivity contribution in [2.75, 3.05) is 12.8 Å². The minimum atomic E-state index is 0.807. The SMILES string of the molecule is Cc1ccc(CN(C)Cc2cc(N)ccc2Br)cc1. The fourth-order valence-electron chi connectivity index (χ4n) is 2.07. The average molecular weight is 319 g/mol. The van der Waals surface area contributed by atoms with Crippen molar-refractivity contribution in [2.24, 2.45) is 0 Å². The molecular formula is C16H19BrN2. The Labute approximate surface area is 123 Å². The monoisotopic (exact) mass is 318 g/mol. The molecule has 0 saturated heterocycles. The molecule has 0 spiro atoms. The first kappa shape index (κ1) is 14.1. The summed E-state index contributed by atoms with van der Waals surface area (Å²) in [6.45, 7) is 3.92. The van der Waals surface area contributed by atoms with Gasteiger partial charge in [0.1, 0.15) is 0 Å². The van der Waals surface area contributed by atoms with E-state index in [0.29, 0.717) is 0 Å². The van der Waals surface area contributed by atoms with Gasteiger partial charge in [0.2, 0.25) is 0 Å². The molecule has 0 bridgehead atoms. The second kappa shape index (κ2) is 6.22. The number of nitrogens with zero attached hydrogens (tertiary/aromatic N) is 1. The second-order valence-corrected chi connectivity index (χ2v) is 5.86. The summed E-state index contributed by atoms with van der Waals surface area (Å²) in [7, 11) is 2.12. The van der Waals surface area contributed by atoms with Crippen molar-refractivity contribution >= 4 is 21.6 Å². The summed E-state index contributed by atoms with van der Waals surface area (Å²) in [6, 6.07) is 14.6. The van der Waals surface area contributed by atoms with Crippen LogP contribution in [0.1, 0.15) is 16.7 Å². The molecule has 0 aliphatic carbocycles. The van der Waals surface area contributed by atoms with Crippen LogP contribution in [-0.2, 0) is 13.1 Å². The van der Waals surface area contributed by atoms with Gasteiger partial charge in [0.05, 0.1) is 0 Å². The van der Waals surface area contributed by atoms with Gasteiger partial charge in [-0.15, -0.1) is 0 Å². The van der Waals surface area contributed by atoms with Gasteiger partial charge >= 0.3 is 0 Å². The molecule has 19 heavy (non-hydrogen) atoms. The molecule has 0 aliphatic heterocycles. The molecular weight excluding hydrogens is 300 g/mol. The van der Waals surface area contributed by atoms with E-state index in [1.165, 1.54) is 16.7 Å². The van der Waals surface area contributed by atoms with Gasteiger partial charge < -0.3 is 5.73 Å². The molecule has 0 fully saturated rings. The number of nitrogens with two attached hydrogens (primary N) is 1. The molecule has 0 atom stereocenters.